The Bertz CT molecular complexity index is 2950. The summed E-state index contributed by atoms with van der Waals surface area (Å²) in [7, 11) is 0. The number of hydrogen-bond donors (Lipinski definition) is 0. The molecule has 1 aromatic heterocycles. The topological polar surface area (TPSA) is 3.24 Å². The van der Waals surface area contributed by atoms with Crippen molar-refractivity contribution in [3.63, 3.8) is 0 Å². The third kappa shape index (κ3) is 4.48. The predicted octanol–water partition coefficient (Wildman–Crippen LogP) is 15.0. The Hall–Kier alpha value is -6.22. The molecule has 1 nitrogen and oxygen atoms in total. The fourth-order valence-electron chi connectivity index (χ4n) is 11.0. The van der Waals surface area contributed by atoms with E-state index in [1.165, 1.54) is 92.9 Å². The number of thiophene rings is 1. The zero-order chi connectivity index (χ0) is 36.8. The Morgan fingerprint density at radius 1 is 0.375 bits per heavy atom. The van der Waals surface area contributed by atoms with E-state index in [0.717, 1.165) is 25.7 Å². The van der Waals surface area contributed by atoms with Crippen LogP contribution in [0.4, 0.5) is 17.1 Å². The second-order valence-corrected chi connectivity index (χ2v) is 17.1. The van der Waals surface area contributed by atoms with Crippen molar-refractivity contribution in [2.45, 2.75) is 36.5 Å². The second kappa shape index (κ2) is 12.1. The lowest BCUT2D eigenvalue weighted by Gasteiger charge is -2.45. The van der Waals surface area contributed by atoms with Crippen LogP contribution >= 0.6 is 11.3 Å². The standard InChI is InChI=1S/C54H39NS/c1-2-14-36(15-3-1)37-16-12-17-38(34-37)55(50-26-13-22-45-44-21-7-11-27-51(44)56-52(45)50)39-28-29-43-42-20-6-10-25-48(42)54(49(43)35-39)32-30-53(31-33-54)46-23-8-4-18-40(46)41-19-5-9-24-47(41)53/h1-29,34-35H,30-33H2. The van der Waals surface area contributed by atoms with E-state index in [4.69, 9.17) is 0 Å². The molecular formula is C54H39NS. The molecule has 12 rings (SSSR count). The Labute approximate surface area is 332 Å². The smallest absolute Gasteiger partial charge is 0.0640 e. The van der Waals surface area contributed by atoms with Crippen molar-refractivity contribution in [3.8, 4) is 33.4 Å². The van der Waals surface area contributed by atoms with E-state index in [1.54, 1.807) is 0 Å². The summed E-state index contributed by atoms with van der Waals surface area (Å²) in [6.07, 6.45) is 4.48. The monoisotopic (exact) mass is 733 g/mol. The molecule has 2 heteroatoms. The van der Waals surface area contributed by atoms with Crippen molar-refractivity contribution in [2.24, 2.45) is 0 Å². The van der Waals surface area contributed by atoms with E-state index < -0.39 is 0 Å². The van der Waals surface area contributed by atoms with E-state index in [-0.39, 0.29) is 10.8 Å². The Kier molecular flexibility index (Phi) is 6.95. The molecule has 266 valence electrons. The first-order valence-electron chi connectivity index (χ1n) is 20.0. The number of hydrogen-bond acceptors (Lipinski definition) is 2. The summed E-state index contributed by atoms with van der Waals surface area (Å²) in [5.74, 6) is 0. The number of anilines is 3. The van der Waals surface area contributed by atoms with Crippen molar-refractivity contribution in [2.75, 3.05) is 4.90 Å². The van der Waals surface area contributed by atoms with Gasteiger partial charge in [-0.25, -0.2) is 0 Å². The molecule has 56 heavy (non-hydrogen) atoms. The van der Waals surface area contributed by atoms with Crippen LogP contribution in [0.1, 0.15) is 47.9 Å². The lowest BCUT2D eigenvalue weighted by atomic mass is 9.57. The summed E-state index contributed by atoms with van der Waals surface area (Å²) in [5.41, 5.74) is 17.7. The lowest BCUT2D eigenvalue weighted by Crippen LogP contribution is -2.39. The molecule has 1 heterocycles. The quantitative estimate of drug-likeness (QED) is 0.174. The molecule has 1 saturated carbocycles. The molecule has 8 aromatic carbocycles. The molecule has 3 aliphatic rings. The van der Waals surface area contributed by atoms with Gasteiger partial charge in [-0.05, 0) is 118 Å². The largest absolute Gasteiger partial charge is 0.309 e. The average molecular weight is 734 g/mol. The molecule has 1 fully saturated rings. The maximum atomic E-state index is 2.57. The molecule has 0 atom stereocenters. The summed E-state index contributed by atoms with van der Waals surface area (Å²) in [4.78, 5) is 2.54. The second-order valence-electron chi connectivity index (χ2n) is 16.0. The van der Waals surface area contributed by atoms with Crippen molar-refractivity contribution < 1.29 is 0 Å². The summed E-state index contributed by atoms with van der Waals surface area (Å²) in [6.45, 7) is 0. The highest BCUT2D eigenvalue weighted by molar-refractivity contribution is 7.26. The van der Waals surface area contributed by atoms with Gasteiger partial charge in [0.05, 0.1) is 10.4 Å². The van der Waals surface area contributed by atoms with Crippen LogP contribution in [0.2, 0.25) is 0 Å². The molecule has 9 aromatic rings. The maximum absolute atomic E-state index is 2.57. The van der Waals surface area contributed by atoms with E-state index >= 15 is 0 Å². The van der Waals surface area contributed by atoms with Gasteiger partial charge >= 0.3 is 0 Å². The molecule has 0 bridgehead atoms. The van der Waals surface area contributed by atoms with Gasteiger partial charge < -0.3 is 4.90 Å². The fourth-order valence-corrected chi connectivity index (χ4v) is 12.2. The van der Waals surface area contributed by atoms with Gasteiger partial charge in [0, 0.05) is 37.7 Å². The first kappa shape index (κ1) is 32.1. The van der Waals surface area contributed by atoms with E-state index in [0.29, 0.717) is 0 Å². The first-order chi connectivity index (χ1) is 27.7. The highest BCUT2D eigenvalue weighted by atomic mass is 32.1. The summed E-state index contributed by atoms with van der Waals surface area (Å²) < 4.78 is 2.64. The van der Waals surface area contributed by atoms with Crippen LogP contribution < -0.4 is 4.90 Å². The highest BCUT2D eigenvalue weighted by Gasteiger charge is 2.53. The minimum Gasteiger partial charge on any atom is -0.309 e. The van der Waals surface area contributed by atoms with Crippen LogP contribution in [0, 0.1) is 0 Å². The molecule has 0 saturated heterocycles. The summed E-state index contributed by atoms with van der Waals surface area (Å²) in [5, 5.41) is 2.63. The number of fused-ring (bicyclic) bond motifs is 13. The highest BCUT2D eigenvalue weighted by Crippen LogP contribution is 2.64. The van der Waals surface area contributed by atoms with Crippen LogP contribution in [0.25, 0.3) is 53.6 Å². The van der Waals surface area contributed by atoms with Gasteiger partial charge in [0.1, 0.15) is 0 Å². The van der Waals surface area contributed by atoms with Crippen LogP contribution in [0.3, 0.4) is 0 Å². The Morgan fingerprint density at radius 2 is 0.893 bits per heavy atom. The Morgan fingerprint density at radius 3 is 1.59 bits per heavy atom. The van der Waals surface area contributed by atoms with Gasteiger partial charge in [-0.3, -0.25) is 0 Å². The minimum atomic E-state index is -0.0547. The molecule has 3 aliphatic carbocycles. The van der Waals surface area contributed by atoms with E-state index in [9.17, 15) is 0 Å². The molecular weight excluding hydrogens is 695 g/mol. The number of benzene rings is 8. The average Bonchev–Trinajstić information content (AvgIpc) is 3.88. The van der Waals surface area contributed by atoms with Crippen molar-refractivity contribution in [3.05, 3.63) is 210 Å². The van der Waals surface area contributed by atoms with Gasteiger partial charge in [0.2, 0.25) is 0 Å². The predicted molar refractivity (Wildman–Crippen MR) is 237 cm³/mol. The zero-order valence-corrected chi connectivity index (χ0v) is 31.9. The van der Waals surface area contributed by atoms with E-state index in [1.807, 2.05) is 11.3 Å². The fraction of sp³-hybridized carbons (Fsp3) is 0.111. The summed E-state index contributed by atoms with van der Waals surface area (Å²) in [6, 6.07) is 70.7. The minimum absolute atomic E-state index is 0.0501. The maximum Gasteiger partial charge on any atom is 0.0640 e. The molecule has 2 spiro atoms. The lowest BCUT2D eigenvalue weighted by molar-refractivity contribution is 0.265. The third-order valence-corrected chi connectivity index (χ3v) is 14.7. The zero-order valence-electron chi connectivity index (χ0n) is 31.1. The van der Waals surface area contributed by atoms with Gasteiger partial charge in [-0.2, -0.15) is 0 Å². The van der Waals surface area contributed by atoms with Gasteiger partial charge in [-0.1, -0.05) is 152 Å². The Balaban J connectivity index is 1.04. The number of nitrogens with zero attached hydrogens (tertiary/aromatic N) is 1. The normalized spacial score (nSPS) is 15.5. The van der Waals surface area contributed by atoms with E-state index in [2.05, 4.69) is 193 Å². The van der Waals surface area contributed by atoms with Crippen LogP contribution in [0.5, 0.6) is 0 Å². The third-order valence-electron chi connectivity index (χ3n) is 13.5. The molecule has 0 N–H and O–H groups in total. The van der Waals surface area contributed by atoms with Crippen LogP contribution in [0.15, 0.2) is 188 Å². The molecule has 0 aliphatic heterocycles. The SMILES string of the molecule is c1ccc(-c2cccc(N(c3ccc4c(c3)C3(CCC5(CC3)c3ccccc3-c3ccccc35)c3ccccc3-4)c3cccc4c3sc3ccccc34)c2)cc1. The van der Waals surface area contributed by atoms with Gasteiger partial charge in [-0.15, -0.1) is 11.3 Å². The van der Waals surface area contributed by atoms with Gasteiger partial charge in [0.25, 0.3) is 0 Å². The van der Waals surface area contributed by atoms with Crippen molar-refractivity contribution in [1.82, 2.24) is 0 Å². The molecule has 0 amide bonds. The summed E-state index contributed by atoms with van der Waals surface area (Å²) >= 11 is 1.90. The van der Waals surface area contributed by atoms with Crippen LogP contribution in [-0.2, 0) is 10.8 Å². The molecule has 0 unspecified atom stereocenters. The number of rotatable bonds is 4. The van der Waals surface area contributed by atoms with Crippen molar-refractivity contribution in [1.29, 1.82) is 0 Å². The van der Waals surface area contributed by atoms with Gasteiger partial charge in [0.15, 0.2) is 0 Å². The molecule has 0 radical (unpaired) electrons. The van der Waals surface area contributed by atoms with Crippen molar-refractivity contribution >= 4 is 48.6 Å². The first-order valence-corrected chi connectivity index (χ1v) is 20.8. The van der Waals surface area contributed by atoms with Crippen LogP contribution in [-0.4, -0.2) is 0 Å².